The monoisotopic (exact) mass is 906 g/mol. The van der Waals surface area contributed by atoms with Crippen molar-refractivity contribution in [3.63, 3.8) is 0 Å². The second kappa shape index (κ2) is 24.5. The Hall–Kier alpha value is -5.27. The van der Waals surface area contributed by atoms with Gasteiger partial charge in [-0.15, -0.1) is 0 Å². The third-order valence-electron chi connectivity index (χ3n) is 10.5. The van der Waals surface area contributed by atoms with Gasteiger partial charge in [0.1, 0.15) is 11.4 Å². The lowest BCUT2D eigenvalue weighted by Gasteiger charge is -2.33. The first-order valence-corrected chi connectivity index (χ1v) is 22.6. The number of thioether (sulfide) groups is 1. The standard InChI is InChI=1S/C43H61F3N8O8S/c1-42(2,3)54(41(60)61)26-28-23-33(43(44,45)46)52-37(24-28)62-30-14-12-13-29(25-30)39(58)50-22-21-49-36(57)17-7-5-11-19-47-34(55)16-6-4-10-20-48-35(56)18-9-8-15-32-38-31(27-63-32)51-40(59)53-38/h12-14,23-25,31-32,38H,4-11,15-22,26-27H2,1-3H3,(H,47,55)(H,48,56)(H,49,57)(H,50,58)(H,60,61)(H2,51,53,59)/t31-,32-,38-/m0/s1. The zero-order chi connectivity index (χ0) is 46.0. The number of unbranched alkanes of at least 4 members (excludes halogenated alkanes) is 5. The summed E-state index contributed by atoms with van der Waals surface area (Å²) >= 11 is 1.88. The van der Waals surface area contributed by atoms with Crippen LogP contribution in [0.5, 0.6) is 11.6 Å². The lowest BCUT2D eigenvalue weighted by Crippen LogP contribution is -2.44. The van der Waals surface area contributed by atoms with Gasteiger partial charge >= 0.3 is 18.3 Å². The van der Waals surface area contributed by atoms with E-state index in [1.807, 2.05) is 11.8 Å². The van der Waals surface area contributed by atoms with Gasteiger partial charge in [0.05, 0.1) is 12.1 Å². The second-order valence-corrected chi connectivity index (χ2v) is 17.9. The predicted octanol–water partition coefficient (Wildman–Crippen LogP) is 6.10. The Morgan fingerprint density at radius 2 is 1.41 bits per heavy atom. The maximum absolute atomic E-state index is 13.7. The molecule has 0 saturated carbocycles. The molecule has 0 spiro atoms. The molecule has 2 aromatic rings. The van der Waals surface area contributed by atoms with E-state index in [0.29, 0.717) is 37.6 Å². The molecule has 3 atom stereocenters. The van der Waals surface area contributed by atoms with Gasteiger partial charge in [-0.2, -0.15) is 24.9 Å². The van der Waals surface area contributed by atoms with E-state index in [1.54, 1.807) is 20.8 Å². The highest BCUT2D eigenvalue weighted by Crippen LogP contribution is 2.34. The Bertz CT molecular complexity index is 1880. The van der Waals surface area contributed by atoms with Gasteiger partial charge in [-0.25, -0.2) is 14.6 Å². The number of urea groups is 1. The molecule has 1 aromatic carbocycles. The van der Waals surface area contributed by atoms with E-state index in [2.05, 4.69) is 36.9 Å². The van der Waals surface area contributed by atoms with Crippen molar-refractivity contribution in [3.05, 3.63) is 53.2 Å². The molecule has 20 heteroatoms. The summed E-state index contributed by atoms with van der Waals surface area (Å²) in [4.78, 5) is 77.3. The SMILES string of the molecule is CC(C)(C)N(Cc1cc(Oc2cccc(C(=O)NCCNC(=O)CCCCCNC(=O)CCCCCNC(=O)CCCC[C@@H]3SC[C@@H]4NC(=O)N[C@@H]43)c2)nc(C(F)(F)F)c1)C(=O)O. The first-order chi connectivity index (χ1) is 29.9. The fourth-order valence-electron chi connectivity index (χ4n) is 7.09. The largest absolute Gasteiger partial charge is 0.465 e. The van der Waals surface area contributed by atoms with Crippen LogP contribution in [-0.2, 0) is 27.1 Å². The van der Waals surface area contributed by atoms with E-state index in [0.717, 1.165) is 68.1 Å². The Morgan fingerprint density at radius 3 is 2.02 bits per heavy atom. The molecule has 0 bridgehead atoms. The van der Waals surface area contributed by atoms with Crippen LogP contribution < -0.4 is 36.6 Å². The average Bonchev–Trinajstić information content (AvgIpc) is 3.77. The molecule has 63 heavy (non-hydrogen) atoms. The summed E-state index contributed by atoms with van der Waals surface area (Å²) in [6.45, 7) is 5.90. The van der Waals surface area contributed by atoms with E-state index >= 15 is 0 Å². The number of ether oxygens (including phenoxy) is 1. The second-order valence-electron chi connectivity index (χ2n) is 16.7. The highest BCUT2D eigenvalue weighted by Gasteiger charge is 2.42. The molecular weight excluding hydrogens is 846 g/mol. The first-order valence-electron chi connectivity index (χ1n) is 21.5. The summed E-state index contributed by atoms with van der Waals surface area (Å²) in [6.07, 6.45) is 2.25. The van der Waals surface area contributed by atoms with Gasteiger partial charge in [-0.1, -0.05) is 25.3 Å². The maximum Gasteiger partial charge on any atom is 0.433 e. The molecule has 4 rings (SSSR count). The minimum Gasteiger partial charge on any atom is -0.465 e. The number of aromatic nitrogens is 1. The summed E-state index contributed by atoms with van der Waals surface area (Å²) in [5.74, 6) is -0.137. The summed E-state index contributed by atoms with van der Waals surface area (Å²) in [6, 6.07) is 8.03. The van der Waals surface area contributed by atoms with Crippen LogP contribution in [0.15, 0.2) is 36.4 Å². The number of hydrogen-bond donors (Lipinski definition) is 7. The van der Waals surface area contributed by atoms with Crippen LogP contribution in [0.4, 0.5) is 22.8 Å². The molecule has 0 radical (unpaired) electrons. The summed E-state index contributed by atoms with van der Waals surface area (Å²) in [5.41, 5.74) is -1.99. The number of pyridine rings is 1. The van der Waals surface area contributed by atoms with Gasteiger partial charge in [0.2, 0.25) is 23.6 Å². The maximum atomic E-state index is 13.7. The quantitative estimate of drug-likeness (QED) is 0.0449. The molecule has 2 aliphatic heterocycles. The highest BCUT2D eigenvalue weighted by atomic mass is 32.2. The minimum absolute atomic E-state index is 0.0142. The number of hydrogen-bond acceptors (Lipinski definition) is 9. The molecule has 348 valence electrons. The van der Waals surface area contributed by atoms with Gasteiger partial charge in [0.25, 0.3) is 5.91 Å². The van der Waals surface area contributed by atoms with Gasteiger partial charge < -0.3 is 41.7 Å². The lowest BCUT2D eigenvalue weighted by molar-refractivity contribution is -0.141. The lowest BCUT2D eigenvalue weighted by atomic mass is 10.0. The number of carboxylic acid groups (broad SMARTS) is 1. The third-order valence-corrected chi connectivity index (χ3v) is 12.0. The van der Waals surface area contributed by atoms with Crippen LogP contribution in [0, 0.1) is 0 Å². The van der Waals surface area contributed by atoms with Crippen molar-refractivity contribution in [1.82, 2.24) is 41.8 Å². The molecular formula is C43H61F3N8O8S. The van der Waals surface area contributed by atoms with Crippen molar-refractivity contribution in [2.75, 3.05) is 31.9 Å². The summed E-state index contributed by atoms with van der Waals surface area (Å²) < 4.78 is 46.7. The topological polar surface area (TPSA) is 220 Å². The number of carbonyl (C=O) groups is 6. The van der Waals surface area contributed by atoms with Crippen molar-refractivity contribution in [1.29, 1.82) is 0 Å². The summed E-state index contributed by atoms with van der Waals surface area (Å²) in [5, 5.41) is 27.2. The van der Waals surface area contributed by atoms with Crippen LogP contribution in [0.2, 0.25) is 0 Å². The predicted molar refractivity (Wildman–Crippen MR) is 231 cm³/mol. The molecule has 1 aromatic heterocycles. The van der Waals surface area contributed by atoms with Crippen LogP contribution >= 0.6 is 11.8 Å². The van der Waals surface area contributed by atoms with E-state index in [1.165, 1.54) is 30.3 Å². The molecule has 2 saturated heterocycles. The molecule has 16 nitrogen and oxygen atoms in total. The van der Waals surface area contributed by atoms with Gasteiger partial charge in [0, 0.05) is 80.2 Å². The number of halogens is 3. The number of nitrogens with one attached hydrogen (secondary N) is 6. The zero-order valence-corrected chi connectivity index (χ0v) is 37.0. The number of benzene rings is 1. The number of alkyl halides is 3. The first kappa shape index (κ1) is 50.4. The molecule has 0 unspecified atom stereocenters. The van der Waals surface area contributed by atoms with E-state index in [-0.39, 0.29) is 78.8 Å². The normalized spacial score (nSPS) is 16.9. The Kier molecular flexibility index (Phi) is 19.6. The number of nitrogens with zero attached hydrogens (tertiary/aromatic N) is 2. The van der Waals surface area contributed by atoms with Crippen LogP contribution in [0.25, 0.3) is 0 Å². The molecule has 0 aliphatic carbocycles. The average molecular weight is 907 g/mol. The highest BCUT2D eigenvalue weighted by molar-refractivity contribution is 8.00. The van der Waals surface area contributed by atoms with Crippen molar-refractivity contribution in [2.24, 2.45) is 0 Å². The smallest absolute Gasteiger partial charge is 0.433 e. The Labute approximate surface area is 370 Å². The number of amides is 7. The van der Waals surface area contributed by atoms with E-state index in [4.69, 9.17) is 4.74 Å². The summed E-state index contributed by atoms with van der Waals surface area (Å²) in [7, 11) is 0. The molecule has 2 aliphatic rings. The van der Waals surface area contributed by atoms with Crippen LogP contribution in [0.3, 0.4) is 0 Å². The Morgan fingerprint density at radius 1 is 0.810 bits per heavy atom. The molecule has 7 amide bonds. The number of carbonyl (C=O) groups excluding carboxylic acids is 5. The third kappa shape index (κ3) is 17.8. The van der Waals surface area contributed by atoms with Crippen LogP contribution in [0.1, 0.15) is 119 Å². The fourth-order valence-corrected chi connectivity index (χ4v) is 8.64. The number of fused-ring (bicyclic) bond motifs is 1. The molecule has 3 heterocycles. The van der Waals surface area contributed by atoms with Gasteiger partial charge in [-0.05, 0) is 89.1 Å². The minimum atomic E-state index is -4.83. The Balaban J connectivity index is 1.01. The van der Waals surface area contributed by atoms with Crippen molar-refractivity contribution in [2.45, 2.75) is 133 Å². The van der Waals surface area contributed by atoms with E-state index in [9.17, 15) is 47.0 Å². The molecule has 2 fully saturated rings. The van der Waals surface area contributed by atoms with Gasteiger partial charge in [-0.3, -0.25) is 24.1 Å². The van der Waals surface area contributed by atoms with Gasteiger partial charge in [0.15, 0.2) is 0 Å². The van der Waals surface area contributed by atoms with Crippen molar-refractivity contribution in [3.8, 4) is 11.6 Å². The van der Waals surface area contributed by atoms with E-state index < -0.39 is 35.3 Å². The fraction of sp³-hybridized carbons (Fsp3) is 0.605. The number of rotatable bonds is 25. The van der Waals surface area contributed by atoms with Crippen LogP contribution in [-0.4, -0.2) is 106 Å². The van der Waals surface area contributed by atoms with Crippen molar-refractivity contribution < 1.29 is 51.8 Å². The molecule has 7 N–H and O–H groups in total. The zero-order valence-electron chi connectivity index (χ0n) is 36.2. The van der Waals surface area contributed by atoms with Crippen molar-refractivity contribution >= 4 is 47.5 Å².